The molecule has 100 valence electrons. The van der Waals surface area contributed by atoms with Crippen LogP contribution in [0.4, 0.5) is 4.48 Å². The monoisotopic (exact) mass is 251 g/mol. The summed E-state index contributed by atoms with van der Waals surface area (Å²) in [7, 11) is 0. The predicted octanol–water partition coefficient (Wildman–Crippen LogP) is 4.15. The number of benzene rings is 1. The molecule has 1 amide bonds. The molecular formula is C15H22FNO. The highest BCUT2D eigenvalue weighted by Crippen LogP contribution is 2.20. The molecule has 0 saturated carbocycles. The van der Waals surface area contributed by atoms with Crippen molar-refractivity contribution in [1.29, 1.82) is 0 Å². The van der Waals surface area contributed by atoms with E-state index in [2.05, 4.69) is 6.92 Å². The first-order valence-corrected chi connectivity index (χ1v) is 6.46. The van der Waals surface area contributed by atoms with Crippen LogP contribution in [0.5, 0.6) is 0 Å². The standard InChI is InChI=1S/C15H22FNO/c1-5-6-9-12-10-7-8-11-13(12)14(18)17(16)15(2,3)4/h7-8,10-11H,5-6,9H2,1-4H3. The molecule has 0 aliphatic heterocycles. The van der Waals surface area contributed by atoms with Crippen LogP contribution in [0.25, 0.3) is 0 Å². The summed E-state index contributed by atoms with van der Waals surface area (Å²) >= 11 is 0. The molecule has 0 fully saturated rings. The molecule has 1 rings (SSSR count). The zero-order chi connectivity index (χ0) is 13.8. The third kappa shape index (κ3) is 3.56. The topological polar surface area (TPSA) is 20.3 Å². The molecule has 0 spiro atoms. The number of aryl methyl sites for hydroxylation is 1. The molecule has 0 aliphatic carbocycles. The Hall–Kier alpha value is -1.38. The van der Waals surface area contributed by atoms with Gasteiger partial charge >= 0.3 is 0 Å². The molecule has 0 heterocycles. The second-order valence-electron chi connectivity index (χ2n) is 5.52. The van der Waals surface area contributed by atoms with Crippen molar-refractivity contribution in [2.24, 2.45) is 0 Å². The average Bonchev–Trinajstić information content (AvgIpc) is 2.33. The quantitative estimate of drug-likeness (QED) is 0.736. The fourth-order valence-electron chi connectivity index (χ4n) is 1.72. The number of hydrogen-bond donors (Lipinski definition) is 0. The highest BCUT2D eigenvalue weighted by atomic mass is 19.2. The third-order valence-electron chi connectivity index (χ3n) is 2.81. The SMILES string of the molecule is CCCCc1ccccc1C(=O)N(F)C(C)(C)C. The zero-order valence-electron chi connectivity index (χ0n) is 11.7. The molecule has 0 N–H and O–H groups in total. The fraction of sp³-hybridized carbons (Fsp3) is 0.533. The molecule has 3 heteroatoms. The molecular weight excluding hydrogens is 229 g/mol. The Morgan fingerprint density at radius 2 is 1.89 bits per heavy atom. The normalized spacial score (nSPS) is 11.4. The van der Waals surface area contributed by atoms with Crippen molar-refractivity contribution in [3.05, 3.63) is 35.4 Å². The van der Waals surface area contributed by atoms with Crippen LogP contribution in [0.15, 0.2) is 24.3 Å². The van der Waals surface area contributed by atoms with Gasteiger partial charge in [-0.25, -0.2) is 0 Å². The lowest BCUT2D eigenvalue weighted by atomic mass is 10.00. The van der Waals surface area contributed by atoms with Crippen molar-refractivity contribution in [3.8, 4) is 0 Å². The summed E-state index contributed by atoms with van der Waals surface area (Å²) in [6.07, 6.45) is 2.88. The van der Waals surface area contributed by atoms with E-state index in [-0.39, 0.29) is 0 Å². The van der Waals surface area contributed by atoms with Crippen molar-refractivity contribution in [3.63, 3.8) is 0 Å². The molecule has 18 heavy (non-hydrogen) atoms. The lowest BCUT2D eigenvalue weighted by Gasteiger charge is -2.27. The number of amides is 1. The van der Waals surface area contributed by atoms with E-state index in [0.29, 0.717) is 10.7 Å². The fourth-order valence-corrected chi connectivity index (χ4v) is 1.72. The van der Waals surface area contributed by atoms with Gasteiger partial charge in [-0.1, -0.05) is 36.0 Å². The molecule has 0 saturated heterocycles. The smallest absolute Gasteiger partial charge is 0.266 e. The summed E-state index contributed by atoms with van der Waals surface area (Å²) in [5.74, 6) is -0.547. The number of nitrogens with zero attached hydrogens (tertiary/aromatic N) is 1. The van der Waals surface area contributed by atoms with Gasteiger partial charge in [0.2, 0.25) is 0 Å². The minimum Gasteiger partial charge on any atom is -0.266 e. The van der Waals surface area contributed by atoms with Gasteiger partial charge in [-0.15, -0.1) is 0 Å². The summed E-state index contributed by atoms with van der Waals surface area (Å²) in [4.78, 5) is 12.1. The van der Waals surface area contributed by atoms with Gasteiger partial charge in [0, 0.05) is 5.56 Å². The Kier molecular flexibility index (Phi) is 4.88. The second-order valence-corrected chi connectivity index (χ2v) is 5.52. The van der Waals surface area contributed by atoms with E-state index in [4.69, 9.17) is 0 Å². The summed E-state index contributed by atoms with van der Waals surface area (Å²) in [6.45, 7) is 7.14. The van der Waals surface area contributed by atoms with Gasteiger partial charge in [0.15, 0.2) is 0 Å². The molecule has 0 radical (unpaired) electrons. The maximum atomic E-state index is 14.0. The third-order valence-corrected chi connectivity index (χ3v) is 2.81. The van der Waals surface area contributed by atoms with Gasteiger partial charge in [0.25, 0.3) is 5.91 Å². The summed E-state index contributed by atoms with van der Waals surface area (Å²) in [6, 6.07) is 7.27. The lowest BCUT2D eigenvalue weighted by molar-refractivity contribution is -0.0322. The maximum Gasteiger partial charge on any atom is 0.282 e. The average molecular weight is 251 g/mol. The van der Waals surface area contributed by atoms with E-state index in [0.717, 1.165) is 24.8 Å². The van der Waals surface area contributed by atoms with Gasteiger partial charge in [-0.2, -0.15) is 5.12 Å². The molecule has 0 aliphatic rings. The first-order valence-electron chi connectivity index (χ1n) is 6.46. The van der Waals surface area contributed by atoms with E-state index in [1.165, 1.54) is 0 Å². The Morgan fingerprint density at radius 3 is 2.44 bits per heavy atom. The van der Waals surface area contributed by atoms with Crippen molar-refractivity contribution < 1.29 is 9.28 Å². The van der Waals surface area contributed by atoms with Crippen molar-refractivity contribution in [2.45, 2.75) is 52.5 Å². The van der Waals surface area contributed by atoms with E-state index < -0.39 is 11.4 Å². The maximum absolute atomic E-state index is 14.0. The van der Waals surface area contributed by atoms with Crippen LogP contribution in [0.2, 0.25) is 0 Å². The van der Waals surface area contributed by atoms with Gasteiger partial charge in [0.05, 0.1) is 5.54 Å². The summed E-state index contributed by atoms with van der Waals surface area (Å²) in [5.41, 5.74) is 0.592. The van der Waals surface area contributed by atoms with Crippen LogP contribution >= 0.6 is 0 Å². The molecule has 0 unspecified atom stereocenters. The number of carbonyl (C=O) groups excluding carboxylic acids is 1. The lowest BCUT2D eigenvalue weighted by Crippen LogP contribution is -2.39. The molecule has 0 atom stereocenters. The number of halogens is 1. The van der Waals surface area contributed by atoms with Gasteiger partial charge < -0.3 is 0 Å². The number of carbonyl (C=O) groups is 1. The van der Waals surface area contributed by atoms with Crippen LogP contribution in [0, 0.1) is 0 Å². The number of rotatable bonds is 4. The van der Waals surface area contributed by atoms with Crippen LogP contribution in [0.1, 0.15) is 56.5 Å². The second kappa shape index (κ2) is 5.98. The van der Waals surface area contributed by atoms with Gasteiger partial charge in [-0.3, -0.25) is 4.79 Å². The van der Waals surface area contributed by atoms with Crippen molar-refractivity contribution in [2.75, 3.05) is 0 Å². The molecule has 2 nitrogen and oxygen atoms in total. The van der Waals surface area contributed by atoms with E-state index >= 15 is 0 Å². The highest BCUT2D eigenvalue weighted by Gasteiger charge is 2.28. The number of hydrogen-bond acceptors (Lipinski definition) is 1. The highest BCUT2D eigenvalue weighted by molar-refractivity contribution is 5.95. The Bertz CT molecular complexity index is 409. The Labute approximate surface area is 109 Å². The first-order chi connectivity index (χ1) is 8.38. The van der Waals surface area contributed by atoms with Crippen LogP contribution in [0.3, 0.4) is 0 Å². The van der Waals surface area contributed by atoms with E-state index in [1.807, 2.05) is 12.1 Å². The first kappa shape index (κ1) is 14.7. The minimum absolute atomic E-state index is 0.317. The molecule has 1 aromatic carbocycles. The minimum atomic E-state index is -0.811. The Balaban J connectivity index is 2.98. The number of unbranched alkanes of at least 4 members (excludes halogenated alkanes) is 1. The zero-order valence-corrected chi connectivity index (χ0v) is 11.7. The summed E-state index contributed by atoms with van der Waals surface area (Å²) < 4.78 is 14.0. The summed E-state index contributed by atoms with van der Waals surface area (Å²) in [5, 5.41) is 0.317. The van der Waals surface area contributed by atoms with Gasteiger partial charge in [0.1, 0.15) is 0 Å². The molecule has 0 aromatic heterocycles. The predicted molar refractivity (Wildman–Crippen MR) is 72.1 cm³/mol. The van der Waals surface area contributed by atoms with Crippen LogP contribution in [-0.2, 0) is 6.42 Å². The molecule has 1 aromatic rings. The largest absolute Gasteiger partial charge is 0.282 e. The Morgan fingerprint density at radius 1 is 1.28 bits per heavy atom. The van der Waals surface area contributed by atoms with E-state index in [9.17, 15) is 9.28 Å². The van der Waals surface area contributed by atoms with Crippen molar-refractivity contribution >= 4 is 5.91 Å². The van der Waals surface area contributed by atoms with Crippen molar-refractivity contribution in [1.82, 2.24) is 5.12 Å². The molecule has 0 bridgehead atoms. The van der Waals surface area contributed by atoms with Crippen LogP contribution in [-0.4, -0.2) is 16.6 Å². The van der Waals surface area contributed by atoms with Gasteiger partial charge in [-0.05, 0) is 45.2 Å². The van der Waals surface area contributed by atoms with Crippen LogP contribution < -0.4 is 0 Å². The van der Waals surface area contributed by atoms with E-state index in [1.54, 1.807) is 32.9 Å².